The first-order chi connectivity index (χ1) is 15.5. The van der Waals surface area contributed by atoms with Crippen LogP contribution in [0.3, 0.4) is 0 Å². The first-order valence-corrected chi connectivity index (χ1v) is 10.3. The van der Waals surface area contributed by atoms with Gasteiger partial charge in [-0.3, -0.25) is 19.0 Å². The third kappa shape index (κ3) is 3.53. The lowest BCUT2D eigenvalue weighted by Gasteiger charge is -2.34. The van der Waals surface area contributed by atoms with Crippen molar-refractivity contribution in [3.05, 3.63) is 64.9 Å². The molecule has 4 aromatic rings. The number of halogens is 1. The molecule has 0 aliphatic carbocycles. The van der Waals surface area contributed by atoms with E-state index in [-0.39, 0.29) is 41.6 Å². The molecular formula is C22H20FN5O4. The third-order valence-corrected chi connectivity index (χ3v) is 5.75. The number of nitrogens with zero attached hydrogens (tertiary/aromatic N) is 4. The third-order valence-electron chi connectivity index (χ3n) is 5.75. The van der Waals surface area contributed by atoms with Gasteiger partial charge in [-0.05, 0) is 30.3 Å². The summed E-state index contributed by atoms with van der Waals surface area (Å²) in [4.78, 5) is 48.4. The van der Waals surface area contributed by atoms with Crippen molar-refractivity contribution >= 4 is 33.8 Å². The minimum absolute atomic E-state index is 0.0965. The fourth-order valence-electron chi connectivity index (χ4n) is 4.01. The molecule has 0 bridgehead atoms. The van der Waals surface area contributed by atoms with Crippen LogP contribution in [0.4, 0.5) is 4.39 Å². The SMILES string of the molecule is O=C(CCn1cnc2c([nH]c3ccc(F)cc32)c1=O)N1CCN(C(=O)c2ccco2)CC1. The summed E-state index contributed by atoms with van der Waals surface area (Å²) in [5, 5.41) is 0.544. The predicted molar refractivity (Wildman–Crippen MR) is 114 cm³/mol. The number of carbonyl (C=O) groups excluding carboxylic acids is 2. The smallest absolute Gasteiger partial charge is 0.289 e. The minimum Gasteiger partial charge on any atom is -0.459 e. The lowest BCUT2D eigenvalue weighted by molar-refractivity contribution is -0.132. The fourth-order valence-corrected chi connectivity index (χ4v) is 4.01. The summed E-state index contributed by atoms with van der Waals surface area (Å²) in [5.74, 6) is -0.403. The van der Waals surface area contributed by atoms with Gasteiger partial charge in [-0.15, -0.1) is 0 Å². The van der Waals surface area contributed by atoms with Crippen molar-refractivity contribution in [3.63, 3.8) is 0 Å². The normalized spacial score (nSPS) is 14.4. The number of nitrogens with one attached hydrogen (secondary N) is 1. The van der Waals surface area contributed by atoms with Crippen molar-refractivity contribution in [2.75, 3.05) is 26.2 Å². The number of furan rings is 1. The highest BCUT2D eigenvalue weighted by Gasteiger charge is 2.26. The van der Waals surface area contributed by atoms with Crippen molar-refractivity contribution in [1.82, 2.24) is 24.3 Å². The monoisotopic (exact) mass is 437 g/mol. The van der Waals surface area contributed by atoms with E-state index in [0.29, 0.717) is 42.6 Å². The number of aryl methyl sites for hydroxylation is 1. The maximum atomic E-state index is 13.6. The van der Waals surface area contributed by atoms with Gasteiger partial charge in [0.25, 0.3) is 11.5 Å². The van der Waals surface area contributed by atoms with Crippen molar-refractivity contribution in [2.24, 2.45) is 0 Å². The van der Waals surface area contributed by atoms with E-state index < -0.39 is 5.82 Å². The second-order valence-electron chi connectivity index (χ2n) is 7.68. The summed E-state index contributed by atoms with van der Waals surface area (Å²) in [6.07, 6.45) is 2.97. The van der Waals surface area contributed by atoms with E-state index in [0.717, 1.165) is 0 Å². The second-order valence-corrected chi connectivity index (χ2v) is 7.68. The van der Waals surface area contributed by atoms with E-state index in [4.69, 9.17) is 4.42 Å². The number of amides is 2. The molecule has 9 nitrogen and oxygen atoms in total. The van der Waals surface area contributed by atoms with Crippen LogP contribution in [-0.4, -0.2) is 62.3 Å². The highest BCUT2D eigenvalue weighted by Crippen LogP contribution is 2.22. The van der Waals surface area contributed by atoms with Crippen LogP contribution in [0, 0.1) is 5.82 Å². The van der Waals surface area contributed by atoms with Gasteiger partial charge >= 0.3 is 0 Å². The maximum Gasteiger partial charge on any atom is 0.289 e. The minimum atomic E-state index is -0.402. The number of fused-ring (bicyclic) bond motifs is 3. The van der Waals surface area contributed by atoms with Gasteiger partial charge in [0.1, 0.15) is 16.9 Å². The Kier molecular flexibility index (Phi) is 4.96. The first-order valence-electron chi connectivity index (χ1n) is 10.3. The van der Waals surface area contributed by atoms with Crippen LogP contribution in [0.1, 0.15) is 17.0 Å². The van der Waals surface area contributed by atoms with Crippen molar-refractivity contribution in [3.8, 4) is 0 Å². The van der Waals surface area contributed by atoms with E-state index in [1.807, 2.05) is 0 Å². The quantitative estimate of drug-likeness (QED) is 0.526. The van der Waals surface area contributed by atoms with E-state index in [1.165, 1.54) is 29.3 Å². The van der Waals surface area contributed by atoms with Gasteiger partial charge in [0.05, 0.1) is 12.6 Å². The zero-order chi connectivity index (χ0) is 22.2. The molecule has 0 unspecified atom stereocenters. The van der Waals surface area contributed by atoms with E-state index in [1.54, 1.807) is 28.0 Å². The molecule has 5 rings (SSSR count). The molecule has 4 heterocycles. The van der Waals surface area contributed by atoms with Crippen LogP contribution in [-0.2, 0) is 11.3 Å². The molecule has 1 aliphatic rings. The Labute approximate surface area is 181 Å². The van der Waals surface area contributed by atoms with Crippen LogP contribution in [0.25, 0.3) is 21.9 Å². The molecule has 1 fully saturated rings. The van der Waals surface area contributed by atoms with Gasteiger partial charge in [-0.1, -0.05) is 0 Å². The number of rotatable bonds is 4. The van der Waals surface area contributed by atoms with Gasteiger partial charge < -0.3 is 19.2 Å². The number of H-pyrrole nitrogens is 1. The lowest BCUT2D eigenvalue weighted by atomic mass is 10.2. The topological polar surface area (TPSA) is 104 Å². The molecule has 1 aliphatic heterocycles. The van der Waals surface area contributed by atoms with Crippen LogP contribution in [0.15, 0.2) is 52.1 Å². The number of hydrogen-bond donors (Lipinski definition) is 1. The number of hydrogen-bond acceptors (Lipinski definition) is 5. The molecule has 32 heavy (non-hydrogen) atoms. The Bertz CT molecular complexity index is 1370. The van der Waals surface area contributed by atoms with Crippen LogP contribution in [0.5, 0.6) is 0 Å². The summed E-state index contributed by atoms with van der Waals surface area (Å²) in [5.41, 5.74) is 1.00. The molecule has 0 radical (unpaired) electrons. The van der Waals surface area contributed by atoms with Gasteiger partial charge in [0.15, 0.2) is 5.76 Å². The van der Waals surface area contributed by atoms with Gasteiger partial charge in [-0.25, -0.2) is 9.37 Å². The highest BCUT2D eigenvalue weighted by atomic mass is 19.1. The average Bonchev–Trinajstić information content (AvgIpc) is 3.47. The van der Waals surface area contributed by atoms with Gasteiger partial charge in [-0.2, -0.15) is 0 Å². The van der Waals surface area contributed by atoms with E-state index >= 15 is 0 Å². The molecule has 1 aromatic carbocycles. The Hall–Kier alpha value is -3.95. The highest BCUT2D eigenvalue weighted by molar-refractivity contribution is 6.04. The molecule has 1 saturated heterocycles. The molecule has 164 valence electrons. The summed E-state index contributed by atoms with van der Waals surface area (Å²) >= 11 is 0. The van der Waals surface area contributed by atoms with E-state index in [2.05, 4.69) is 9.97 Å². The number of aromatic amines is 1. The standard InChI is InChI=1S/C22H20FN5O4/c23-14-3-4-16-15(12-14)19-20(25-16)22(31)28(13-24-19)6-5-18(29)26-7-9-27(10-8-26)21(30)17-2-1-11-32-17/h1-4,11-13,25H,5-10H2. The molecular weight excluding hydrogens is 417 g/mol. The Morgan fingerprint density at radius 1 is 1.12 bits per heavy atom. The number of benzene rings is 1. The summed E-state index contributed by atoms with van der Waals surface area (Å²) in [7, 11) is 0. The maximum absolute atomic E-state index is 13.6. The van der Waals surface area contributed by atoms with Gasteiger partial charge in [0, 0.05) is 50.0 Å². The molecule has 0 spiro atoms. The van der Waals surface area contributed by atoms with Gasteiger partial charge in [0.2, 0.25) is 5.91 Å². The summed E-state index contributed by atoms with van der Waals surface area (Å²) in [6.45, 7) is 1.86. The van der Waals surface area contributed by atoms with Crippen LogP contribution in [0.2, 0.25) is 0 Å². The Morgan fingerprint density at radius 2 is 1.91 bits per heavy atom. The van der Waals surface area contributed by atoms with E-state index in [9.17, 15) is 18.8 Å². The average molecular weight is 437 g/mol. The van der Waals surface area contributed by atoms with Crippen molar-refractivity contribution < 1.29 is 18.4 Å². The lowest BCUT2D eigenvalue weighted by Crippen LogP contribution is -2.50. The number of aromatic nitrogens is 3. The Balaban J connectivity index is 1.23. The Morgan fingerprint density at radius 3 is 2.66 bits per heavy atom. The molecule has 3 aromatic heterocycles. The molecule has 1 N–H and O–H groups in total. The summed E-state index contributed by atoms with van der Waals surface area (Å²) in [6, 6.07) is 7.50. The predicted octanol–water partition coefficient (Wildman–Crippen LogP) is 1.98. The first kappa shape index (κ1) is 20.0. The van der Waals surface area contributed by atoms with Crippen molar-refractivity contribution in [2.45, 2.75) is 13.0 Å². The number of carbonyl (C=O) groups is 2. The van der Waals surface area contributed by atoms with Crippen LogP contribution < -0.4 is 5.56 Å². The second kappa shape index (κ2) is 7.95. The van der Waals surface area contributed by atoms with Crippen LogP contribution >= 0.6 is 0 Å². The van der Waals surface area contributed by atoms with Crippen molar-refractivity contribution in [1.29, 1.82) is 0 Å². The molecule has 10 heteroatoms. The fraction of sp³-hybridized carbons (Fsp3) is 0.273. The summed E-state index contributed by atoms with van der Waals surface area (Å²) < 4.78 is 20.1. The zero-order valence-corrected chi connectivity index (χ0v) is 17.1. The molecule has 2 amide bonds. The zero-order valence-electron chi connectivity index (χ0n) is 17.1. The molecule has 0 atom stereocenters. The molecule has 0 saturated carbocycles. The largest absolute Gasteiger partial charge is 0.459 e. The number of piperazine rings is 1.